The molecule has 5 nitrogen and oxygen atoms in total. The maximum atomic E-state index is 4.03. The van der Waals surface area contributed by atoms with E-state index in [1.807, 2.05) is 6.07 Å². The van der Waals surface area contributed by atoms with Gasteiger partial charge in [-0.2, -0.15) is 5.21 Å². The normalized spacial score (nSPS) is 14.5. The molecule has 0 amide bonds. The van der Waals surface area contributed by atoms with Gasteiger partial charge < -0.3 is 5.32 Å². The van der Waals surface area contributed by atoms with Crippen LogP contribution in [0.1, 0.15) is 50.7 Å². The van der Waals surface area contributed by atoms with Gasteiger partial charge in [-0.15, -0.1) is 10.2 Å². The fraction of sp³-hybridized carbons (Fsp3) is 0.500. The van der Waals surface area contributed by atoms with Crippen LogP contribution in [0.3, 0.4) is 0 Å². The molecule has 0 saturated heterocycles. The van der Waals surface area contributed by atoms with Crippen molar-refractivity contribution in [3.8, 4) is 0 Å². The van der Waals surface area contributed by atoms with Gasteiger partial charge in [0, 0.05) is 6.04 Å². The Bertz CT molecular complexity index is 466. The maximum absolute atomic E-state index is 4.03. The summed E-state index contributed by atoms with van der Waals surface area (Å²) in [5.74, 6) is 1.32. The number of nitrogens with zero attached hydrogens (tertiary/aromatic N) is 3. The van der Waals surface area contributed by atoms with Crippen LogP contribution in [0.2, 0.25) is 0 Å². The number of H-pyrrole nitrogens is 1. The van der Waals surface area contributed by atoms with Crippen molar-refractivity contribution in [3.05, 3.63) is 41.7 Å². The van der Waals surface area contributed by atoms with Crippen LogP contribution in [-0.2, 0) is 0 Å². The fourth-order valence-corrected chi connectivity index (χ4v) is 2.19. The van der Waals surface area contributed by atoms with Gasteiger partial charge in [0.1, 0.15) is 0 Å². The molecule has 102 valence electrons. The Balaban J connectivity index is 2.10. The predicted octanol–water partition coefficient (Wildman–Crippen LogP) is 2.64. The van der Waals surface area contributed by atoms with Gasteiger partial charge in [0.15, 0.2) is 5.82 Å². The van der Waals surface area contributed by atoms with Crippen LogP contribution in [0.25, 0.3) is 0 Å². The summed E-state index contributed by atoms with van der Waals surface area (Å²) >= 11 is 0. The lowest BCUT2D eigenvalue weighted by Crippen LogP contribution is -2.26. The lowest BCUT2D eigenvalue weighted by Gasteiger charge is -2.24. The molecule has 0 fully saturated rings. The van der Waals surface area contributed by atoms with Gasteiger partial charge in [0.2, 0.25) is 0 Å². The van der Waals surface area contributed by atoms with Crippen LogP contribution in [0, 0.1) is 5.92 Å². The van der Waals surface area contributed by atoms with Crippen molar-refractivity contribution in [2.75, 3.05) is 0 Å². The Labute approximate surface area is 113 Å². The minimum Gasteiger partial charge on any atom is -0.300 e. The predicted molar refractivity (Wildman–Crippen MR) is 74.4 cm³/mol. The van der Waals surface area contributed by atoms with Crippen molar-refractivity contribution in [2.24, 2.45) is 5.92 Å². The first-order valence-corrected chi connectivity index (χ1v) is 6.71. The summed E-state index contributed by atoms with van der Waals surface area (Å²) < 4.78 is 0. The second-order valence-corrected chi connectivity index (χ2v) is 5.25. The van der Waals surface area contributed by atoms with Crippen LogP contribution in [0.15, 0.2) is 30.3 Å². The summed E-state index contributed by atoms with van der Waals surface area (Å²) in [6.45, 7) is 6.52. The molecule has 0 aliphatic carbocycles. The number of tetrazole rings is 1. The highest BCUT2D eigenvalue weighted by Crippen LogP contribution is 2.23. The van der Waals surface area contributed by atoms with Crippen LogP contribution in [0.4, 0.5) is 0 Å². The van der Waals surface area contributed by atoms with Gasteiger partial charge >= 0.3 is 0 Å². The van der Waals surface area contributed by atoms with Crippen molar-refractivity contribution >= 4 is 0 Å². The third-order valence-electron chi connectivity index (χ3n) is 3.11. The monoisotopic (exact) mass is 259 g/mol. The minimum absolute atomic E-state index is 0.0720. The molecule has 2 N–H and O–H groups in total. The zero-order chi connectivity index (χ0) is 13.7. The molecule has 1 aromatic heterocycles. The highest BCUT2D eigenvalue weighted by atomic mass is 15.5. The van der Waals surface area contributed by atoms with Gasteiger partial charge in [0.05, 0.1) is 6.04 Å². The maximum Gasteiger partial charge on any atom is 0.191 e. The molecular formula is C14H21N5. The number of hydrogen-bond donors (Lipinski definition) is 2. The summed E-state index contributed by atoms with van der Waals surface area (Å²) in [6, 6.07) is 10.9. The van der Waals surface area contributed by atoms with E-state index in [0.717, 1.165) is 6.42 Å². The fourth-order valence-electron chi connectivity index (χ4n) is 2.19. The number of nitrogens with one attached hydrogen (secondary N) is 2. The molecule has 2 atom stereocenters. The second kappa shape index (κ2) is 6.43. The molecule has 0 radical (unpaired) electrons. The first kappa shape index (κ1) is 13.7. The SMILES string of the molecule is CC(C)CC(NC(C)c1nn[nH]n1)c1ccccc1. The zero-order valence-corrected chi connectivity index (χ0v) is 11.7. The number of aromatic nitrogens is 4. The van der Waals surface area contributed by atoms with Gasteiger partial charge in [-0.1, -0.05) is 49.4 Å². The Morgan fingerprint density at radius 1 is 1.16 bits per heavy atom. The van der Waals surface area contributed by atoms with Crippen molar-refractivity contribution < 1.29 is 0 Å². The summed E-state index contributed by atoms with van der Waals surface area (Å²) in [4.78, 5) is 0. The van der Waals surface area contributed by atoms with Crippen molar-refractivity contribution in [3.63, 3.8) is 0 Å². The molecule has 19 heavy (non-hydrogen) atoms. The van der Waals surface area contributed by atoms with E-state index >= 15 is 0 Å². The third-order valence-corrected chi connectivity index (χ3v) is 3.11. The smallest absolute Gasteiger partial charge is 0.191 e. The van der Waals surface area contributed by atoms with Crippen LogP contribution < -0.4 is 5.32 Å². The van der Waals surface area contributed by atoms with Crippen molar-refractivity contribution in [2.45, 2.75) is 39.3 Å². The summed E-state index contributed by atoms with van der Waals surface area (Å²) in [5, 5.41) is 17.7. The van der Waals surface area contributed by atoms with Crippen LogP contribution >= 0.6 is 0 Å². The summed E-state index contributed by atoms with van der Waals surface area (Å²) in [5.41, 5.74) is 1.30. The molecule has 0 spiro atoms. The summed E-state index contributed by atoms with van der Waals surface area (Å²) in [7, 11) is 0. The number of benzene rings is 1. The highest BCUT2D eigenvalue weighted by Gasteiger charge is 2.18. The van der Waals surface area contributed by atoms with Gasteiger partial charge in [-0.25, -0.2) is 0 Å². The molecule has 0 aliphatic heterocycles. The average Bonchev–Trinajstić information content (AvgIpc) is 2.92. The molecule has 5 heteroatoms. The topological polar surface area (TPSA) is 66.5 Å². The van der Waals surface area contributed by atoms with Gasteiger partial charge in [-0.05, 0) is 24.8 Å². The van der Waals surface area contributed by atoms with E-state index < -0.39 is 0 Å². The Kier molecular flexibility index (Phi) is 4.63. The summed E-state index contributed by atoms with van der Waals surface area (Å²) in [6.07, 6.45) is 1.08. The molecule has 0 saturated carbocycles. The molecule has 2 unspecified atom stereocenters. The van der Waals surface area contributed by atoms with Gasteiger partial charge in [0.25, 0.3) is 0 Å². The number of aromatic amines is 1. The van der Waals surface area contributed by atoms with E-state index in [4.69, 9.17) is 0 Å². The number of hydrogen-bond acceptors (Lipinski definition) is 4. The third kappa shape index (κ3) is 3.86. The first-order chi connectivity index (χ1) is 9.16. The lowest BCUT2D eigenvalue weighted by molar-refractivity contribution is 0.386. The molecule has 1 heterocycles. The molecule has 0 bridgehead atoms. The number of rotatable bonds is 6. The molecular weight excluding hydrogens is 238 g/mol. The Morgan fingerprint density at radius 3 is 2.47 bits per heavy atom. The van der Waals surface area contributed by atoms with E-state index in [1.165, 1.54) is 5.56 Å². The lowest BCUT2D eigenvalue weighted by atomic mass is 9.96. The quantitative estimate of drug-likeness (QED) is 0.837. The first-order valence-electron chi connectivity index (χ1n) is 6.71. The Hall–Kier alpha value is -1.75. The van der Waals surface area contributed by atoms with E-state index in [9.17, 15) is 0 Å². The largest absolute Gasteiger partial charge is 0.300 e. The average molecular weight is 259 g/mol. The molecule has 1 aromatic carbocycles. The second-order valence-electron chi connectivity index (χ2n) is 5.25. The van der Waals surface area contributed by atoms with E-state index in [0.29, 0.717) is 17.8 Å². The standard InChI is InChI=1S/C14H21N5/c1-10(2)9-13(12-7-5-4-6-8-12)15-11(3)14-16-18-19-17-14/h4-8,10-11,13,15H,9H2,1-3H3,(H,16,17,18,19). The van der Waals surface area contributed by atoms with Crippen LogP contribution in [0.5, 0.6) is 0 Å². The zero-order valence-electron chi connectivity index (χ0n) is 11.7. The van der Waals surface area contributed by atoms with Crippen molar-refractivity contribution in [1.82, 2.24) is 25.9 Å². The van der Waals surface area contributed by atoms with Crippen LogP contribution in [-0.4, -0.2) is 20.6 Å². The van der Waals surface area contributed by atoms with Gasteiger partial charge in [-0.3, -0.25) is 0 Å². The van der Waals surface area contributed by atoms with Crippen molar-refractivity contribution in [1.29, 1.82) is 0 Å². The molecule has 2 aromatic rings. The Morgan fingerprint density at radius 2 is 1.89 bits per heavy atom. The highest BCUT2D eigenvalue weighted by molar-refractivity contribution is 5.19. The van der Waals surface area contributed by atoms with E-state index in [1.54, 1.807) is 0 Å². The van der Waals surface area contributed by atoms with E-state index in [2.05, 4.69) is 71.0 Å². The van der Waals surface area contributed by atoms with E-state index in [-0.39, 0.29) is 6.04 Å². The molecule has 0 aliphatic rings. The molecule has 2 rings (SSSR count). The minimum atomic E-state index is 0.0720.